The molecule has 0 spiro atoms. The molecule has 3 N–H and O–H groups in total. The number of urea groups is 1. The Kier molecular flexibility index (Phi) is 3.78. The van der Waals surface area contributed by atoms with E-state index in [1.54, 1.807) is 39.0 Å². The predicted octanol–water partition coefficient (Wildman–Crippen LogP) is 0.895. The van der Waals surface area contributed by atoms with Crippen molar-refractivity contribution >= 4 is 18.0 Å². The van der Waals surface area contributed by atoms with Gasteiger partial charge in [0.25, 0.3) is 5.91 Å². The molecule has 1 saturated heterocycles. The summed E-state index contributed by atoms with van der Waals surface area (Å²) < 4.78 is 0. The Balaban J connectivity index is 2.49. The van der Waals surface area contributed by atoms with Gasteiger partial charge in [-0.05, 0) is 32.9 Å². The minimum Gasteiger partial charge on any atom is -0.465 e. The van der Waals surface area contributed by atoms with Crippen LogP contribution >= 0.6 is 0 Å². The van der Waals surface area contributed by atoms with Crippen molar-refractivity contribution in [1.82, 2.24) is 20.5 Å². The first-order chi connectivity index (χ1) is 10.2. The van der Waals surface area contributed by atoms with E-state index in [1.807, 2.05) is 0 Å². The number of carbonyl (C=O) groups is 3. The lowest BCUT2D eigenvalue weighted by atomic mass is 9.91. The molecule has 1 unspecified atom stereocenters. The zero-order valence-corrected chi connectivity index (χ0v) is 12.6. The van der Waals surface area contributed by atoms with Crippen molar-refractivity contribution < 1.29 is 19.5 Å². The number of pyridine rings is 1. The number of carbonyl (C=O) groups excluding carboxylic acids is 2. The van der Waals surface area contributed by atoms with E-state index in [1.165, 1.54) is 6.20 Å². The minimum atomic E-state index is -1.54. The number of rotatable bonds is 3. The van der Waals surface area contributed by atoms with Crippen LogP contribution in [0.25, 0.3) is 0 Å². The molecule has 0 aliphatic carbocycles. The normalized spacial score (nSPS) is 21.2. The third-order valence-corrected chi connectivity index (χ3v) is 3.48. The van der Waals surface area contributed by atoms with Crippen molar-refractivity contribution in [3.8, 4) is 0 Å². The number of nitrogens with zero attached hydrogens (tertiary/aromatic N) is 2. The maximum atomic E-state index is 12.3. The van der Waals surface area contributed by atoms with Crippen LogP contribution in [0, 0.1) is 0 Å². The van der Waals surface area contributed by atoms with Gasteiger partial charge < -0.3 is 15.3 Å². The van der Waals surface area contributed by atoms with Crippen LogP contribution in [0.4, 0.5) is 9.59 Å². The molecule has 0 aromatic carbocycles. The van der Waals surface area contributed by atoms with Gasteiger partial charge in [-0.2, -0.15) is 0 Å². The molecule has 2 rings (SSSR count). The van der Waals surface area contributed by atoms with E-state index in [-0.39, 0.29) is 12.2 Å². The van der Waals surface area contributed by atoms with Gasteiger partial charge in [0.15, 0.2) is 5.54 Å². The monoisotopic (exact) mass is 306 g/mol. The Bertz CT molecular complexity index is 611. The van der Waals surface area contributed by atoms with Gasteiger partial charge in [-0.25, -0.2) is 9.59 Å². The third-order valence-electron chi connectivity index (χ3n) is 3.48. The summed E-state index contributed by atoms with van der Waals surface area (Å²) in [6.45, 7) is 4.90. The second kappa shape index (κ2) is 5.28. The smallest absolute Gasteiger partial charge is 0.407 e. The number of amides is 4. The molecule has 1 aliphatic rings. The lowest BCUT2D eigenvalue weighted by Crippen LogP contribution is -2.58. The topological polar surface area (TPSA) is 112 Å². The van der Waals surface area contributed by atoms with Gasteiger partial charge in [0.05, 0.1) is 12.2 Å². The largest absolute Gasteiger partial charge is 0.465 e. The first kappa shape index (κ1) is 15.7. The van der Waals surface area contributed by atoms with E-state index in [4.69, 9.17) is 0 Å². The van der Waals surface area contributed by atoms with Crippen molar-refractivity contribution in [2.24, 2.45) is 0 Å². The average molecular weight is 306 g/mol. The van der Waals surface area contributed by atoms with Crippen molar-refractivity contribution in [2.75, 3.05) is 6.54 Å². The number of hydrogen-bond acceptors (Lipinski definition) is 4. The minimum absolute atomic E-state index is 0.236. The fraction of sp³-hybridized carbons (Fsp3) is 0.429. The lowest BCUT2D eigenvalue weighted by Gasteiger charge is -2.38. The maximum absolute atomic E-state index is 12.3. The van der Waals surface area contributed by atoms with E-state index in [0.717, 1.165) is 4.90 Å². The summed E-state index contributed by atoms with van der Waals surface area (Å²) in [6, 6.07) is 4.25. The SMILES string of the molecule is CC(C)(C)N(CC1(c2ccccn2)NC(=O)NC1=O)C(=O)O. The zero-order valence-electron chi connectivity index (χ0n) is 12.6. The van der Waals surface area contributed by atoms with E-state index < -0.39 is 29.1 Å². The molecule has 0 bridgehead atoms. The average Bonchev–Trinajstić information content (AvgIpc) is 2.71. The van der Waals surface area contributed by atoms with Gasteiger partial charge in [0.2, 0.25) is 0 Å². The summed E-state index contributed by atoms with van der Waals surface area (Å²) in [6.07, 6.45) is 0.300. The van der Waals surface area contributed by atoms with E-state index in [0.29, 0.717) is 0 Å². The van der Waals surface area contributed by atoms with Crippen LogP contribution in [0.15, 0.2) is 24.4 Å². The first-order valence-electron chi connectivity index (χ1n) is 6.72. The summed E-state index contributed by atoms with van der Waals surface area (Å²) in [5.41, 5.74) is -2.00. The van der Waals surface area contributed by atoms with Gasteiger partial charge in [0.1, 0.15) is 0 Å². The molecule has 1 atom stereocenters. The highest BCUT2D eigenvalue weighted by Crippen LogP contribution is 2.27. The van der Waals surface area contributed by atoms with Crippen LogP contribution in [0.1, 0.15) is 26.5 Å². The quantitative estimate of drug-likeness (QED) is 0.718. The summed E-state index contributed by atoms with van der Waals surface area (Å²) in [4.78, 5) is 40.7. The molecule has 0 saturated carbocycles. The van der Waals surface area contributed by atoms with Crippen molar-refractivity contribution in [2.45, 2.75) is 31.8 Å². The summed E-state index contributed by atoms with van der Waals surface area (Å²) >= 11 is 0. The van der Waals surface area contributed by atoms with Gasteiger partial charge in [0, 0.05) is 11.7 Å². The fourth-order valence-electron chi connectivity index (χ4n) is 2.31. The maximum Gasteiger partial charge on any atom is 0.407 e. The zero-order chi connectivity index (χ0) is 16.5. The fourth-order valence-corrected chi connectivity index (χ4v) is 2.31. The standard InChI is InChI=1S/C14H18N4O4/c1-13(2,3)18(12(21)22)8-14(9-6-4-5-7-15-9)10(19)16-11(20)17-14/h4-7H,8H2,1-3H3,(H,21,22)(H2,16,17,19,20). The van der Waals surface area contributed by atoms with E-state index in [9.17, 15) is 19.5 Å². The number of carboxylic acid groups (broad SMARTS) is 1. The molecule has 1 aliphatic heterocycles. The molecule has 22 heavy (non-hydrogen) atoms. The highest BCUT2D eigenvalue weighted by atomic mass is 16.4. The van der Waals surface area contributed by atoms with Crippen LogP contribution in [0.3, 0.4) is 0 Å². The van der Waals surface area contributed by atoms with Gasteiger partial charge in [-0.3, -0.25) is 15.1 Å². The summed E-state index contributed by atoms with van der Waals surface area (Å²) in [5.74, 6) is -0.619. The van der Waals surface area contributed by atoms with Gasteiger partial charge in [-0.1, -0.05) is 6.07 Å². The Morgan fingerprint density at radius 3 is 2.45 bits per heavy atom. The molecule has 1 aromatic rings. The highest BCUT2D eigenvalue weighted by Gasteiger charge is 2.52. The van der Waals surface area contributed by atoms with Crippen molar-refractivity contribution in [3.63, 3.8) is 0 Å². The lowest BCUT2D eigenvalue weighted by molar-refractivity contribution is -0.125. The molecule has 4 amide bonds. The number of hydrogen-bond donors (Lipinski definition) is 3. The second-order valence-corrected chi connectivity index (χ2v) is 6.07. The molecule has 118 valence electrons. The third kappa shape index (κ3) is 2.72. The molecular formula is C14H18N4O4. The van der Waals surface area contributed by atoms with Crippen molar-refractivity contribution in [3.05, 3.63) is 30.1 Å². The molecule has 0 radical (unpaired) electrons. The van der Waals surface area contributed by atoms with Crippen molar-refractivity contribution in [1.29, 1.82) is 0 Å². The van der Waals surface area contributed by atoms with Crippen LogP contribution < -0.4 is 10.6 Å². The highest BCUT2D eigenvalue weighted by molar-refractivity contribution is 6.07. The Morgan fingerprint density at radius 1 is 1.36 bits per heavy atom. The second-order valence-electron chi connectivity index (χ2n) is 6.07. The molecule has 8 heteroatoms. The van der Waals surface area contributed by atoms with Crippen LogP contribution in [0.5, 0.6) is 0 Å². The predicted molar refractivity (Wildman–Crippen MR) is 77.1 cm³/mol. The van der Waals surface area contributed by atoms with Crippen LogP contribution in [0.2, 0.25) is 0 Å². The number of aromatic nitrogens is 1. The summed E-state index contributed by atoms with van der Waals surface area (Å²) in [7, 11) is 0. The number of nitrogens with one attached hydrogen (secondary N) is 2. The van der Waals surface area contributed by atoms with Gasteiger partial charge >= 0.3 is 12.1 Å². The summed E-state index contributed by atoms with van der Waals surface area (Å²) in [5, 5.41) is 14.1. The Hall–Kier alpha value is -2.64. The molecule has 8 nitrogen and oxygen atoms in total. The molecule has 2 heterocycles. The molecule has 1 fully saturated rings. The van der Waals surface area contributed by atoms with E-state index >= 15 is 0 Å². The first-order valence-corrected chi connectivity index (χ1v) is 6.72. The molecule has 1 aromatic heterocycles. The van der Waals surface area contributed by atoms with E-state index in [2.05, 4.69) is 15.6 Å². The van der Waals surface area contributed by atoms with Gasteiger partial charge in [-0.15, -0.1) is 0 Å². The van der Waals surface area contributed by atoms with Crippen LogP contribution in [-0.2, 0) is 10.3 Å². The van der Waals surface area contributed by atoms with Crippen LogP contribution in [-0.4, -0.2) is 45.1 Å². The Labute approximate surface area is 127 Å². The molecular weight excluding hydrogens is 288 g/mol. The number of imide groups is 1. The Morgan fingerprint density at radius 2 is 2.05 bits per heavy atom.